The fourth-order valence-corrected chi connectivity index (χ4v) is 3.98. The summed E-state index contributed by atoms with van der Waals surface area (Å²) in [7, 11) is 0. The number of carbonyl (C=O) groups is 2. The SMILES string of the molecule is CC(C)C(=O)N1CCC(NC(=O)c2cc3c(F)cccc3s2)CC1. The van der Waals surface area contributed by atoms with E-state index in [0.717, 1.165) is 17.5 Å². The molecule has 1 aliphatic rings. The number of hydrogen-bond acceptors (Lipinski definition) is 3. The molecule has 1 aromatic carbocycles. The second-order valence-electron chi connectivity index (χ2n) is 6.49. The highest BCUT2D eigenvalue weighted by Crippen LogP contribution is 2.27. The number of rotatable bonds is 3. The number of carbonyl (C=O) groups excluding carboxylic acids is 2. The Bertz CT molecular complexity index is 763. The lowest BCUT2D eigenvalue weighted by molar-refractivity contribution is -0.135. The van der Waals surface area contributed by atoms with Crippen LogP contribution in [-0.2, 0) is 4.79 Å². The highest BCUT2D eigenvalue weighted by molar-refractivity contribution is 7.20. The summed E-state index contributed by atoms with van der Waals surface area (Å²) in [6.45, 7) is 5.14. The van der Waals surface area contributed by atoms with Crippen molar-refractivity contribution < 1.29 is 14.0 Å². The van der Waals surface area contributed by atoms with Gasteiger partial charge in [0.1, 0.15) is 5.82 Å². The Hall–Kier alpha value is -1.95. The second-order valence-corrected chi connectivity index (χ2v) is 7.57. The predicted octanol–water partition coefficient (Wildman–Crippen LogP) is 3.42. The molecule has 3 rings (SSSR count). The van der Waals surface area contributed by atoms with Crippen molar-refractivity contribution in [2.45, 2.75) is 32.7 Å². The lowest BCUT2D eigenvalue weighted by Crippen LogP contribution is -2.47. The molecule has 128 valence electrons. The number of halogens is 1. The molecule has 4 nitrogen and oxygen atoms in total. The fourth-order valence-electron chi connectivity index (χ4n) is 3.00. The number of nitrogens with one attached hydrogen (secondary N) is 1. The maximum atomic E-state index is 13.7. The summed E-state index contributed by atoms with van der Waals surface area (Å²) in [6.07, 6.45) is 1.51. The van der Waals surface area contributed by atoms with Crippen LogP contribution in [0.15, 0.2) is 24.3 Å². The number of fused-ring (bicyclic) bond motifs is 1. The van der Waals surface area contributed by atoms with Crippen LogP contribution in [-0.4, -0.2) is 35.8 Å². The van der Waals surface area contributed by atoms with Crippen molar-refractivity contribution >= 4 is 33.2 Å². The Morgan fingerprint density at radius 1 is 1.29 bits per heavy atom. The zero-order valence-electron chi connectivity index (χ0n) is 13.8. The number of hydrogen-bond donors (Lipinski definition) is 1. The molecule has 0 radical (unpaired) electrons. The van der Waals surface area contributed by atoms with Crippen molar-refractivity contribution in [3.63, 3.8) is 0 Å². The number of benzene rings is 1. The topological polar surface area (TPSA) is 49.4 Å². The molecule has 0 unspecified atom stereocenters. The summed E-state index contributed by atoms with van der Waals surface area (Å²) in [4.78, 5) is 26.8. The average molecular weight is 348 g/mol. The molecule has 2 aromatic rings. The molecule has 1 N–H and O–H groups in total. The normalized spacial score (nSPS) is 15.9. The van der Waals surface area contributed by atoms with Crippen molar-refractivity contribution in [2.24, 2.45) is 5.92 Å². The van der Waals surface area contributed by atoms with E-state index in [0.29, 0.717) is 23.4 Å². The minimum atomic E-state index is -0.302. The summed E-state index contributed by atoms with van der Waals surface area (Å²) in [6, 6.07) is 6.54. The van der Waals surface area contributed by atoms with Crippen LogP contribution >= 0.6 is 11.3 Å². The first-order chi connectivity index (χ1) is 11.5. The summed E-state index contributed by atoms with van der Waals surface area (Å²) in [5, 5.41) is 3.51. The van der Waals surface area contributed by atoms with Gasteiger partial charge in [-0.2, -0.15) is 0 Å². The number of amides is 2. The molecular formula is C18H21FN2O2S. The van der Waals surface area contributed by atoms with Gasteiger partial charge in [0.15, 0.2) is 0 Å². The van der Waals surface area contributed by atoms with Crippen molar-refractivity contribution in [3.8, 4) is 0 Å². The van der Waals surface area contributed by atoms with E-state index in [9.17, 15) is 14.0 Å². The number of likely N-dealkylation sites (tertiary alicyclic amines) is 1. The smallest absolute Gasteiger partial charge is 0.261 e. The van der Waals surface area contributed by atoms with Crippen molar-refractivity contribution in [1.29, 1.82) is 0 Å². The van der Waals surface area contributed by atoms with E-state index in [1.807, 2.05) is 24.8 Å². The quantitative estimate of drug-likeness (QED) is 0.924. The van der Waals surface area contributed by atoms with E-state index in [1.54, 1.807) is 12.1 Å². The Morgan fingerprint density at radius 2 is 2.00 bits per heavy atom. The van der Waals surface area contributed by atoms with Crippen LogP contribution in [0, 0.1) is 11.7 Å². The van der Waals surface area contributed by atoms with Crippen LogP contribution < -0.4 is 5.32 Å². The fraction of sp³-hybridized carbons (Fsp3) is 0.444. The van der Waals surface area contributed by atoms with Crippen molar-refractivity contribution in [1.82, 2.24) is 10.2 Å². The average Bonchev–Trinajstić information content (AvgIpc) is 3.00. The molecule has 0 aliphatic carbocycles. The predicted molar refractivity (Wildman–Crippen MR) is 93.7 cm³/mol. The van der Waals surface area contributed by atoms with Gasteiger partial charge in [-0.25, -0.2) is 4.39 Å². The minimum absolute atomic E-state index is 0.00425. The Balaban J connectivity index is 1.61. The Kier molecular flexibility index (Phi) is 4.85. The molecule has 0 spiro atoms. The number of nitrogens with zero attached hydrogens (tertiary/aromatic N) is 1. The van der Waals surface area contributed by atoms with Gasteiger partial charge in [-0.3, -0.25) is 9.59 Å². The zero-order chi connectivity index (χ0) is 17.3. The van der Waals surface area contributed by atoms with E-state index in [4.69, 9.17) is 0 Å². The zero-order valence-corrected chi connectivity index (χ0v) is 14.7. The Morgan fingerprint density at radius 3 is 2.62 bits per heavy atom. The molecule has 2 amide bonds. The van der Waals surface area contributed by atoms with Gasteiger partial charge in [0.25, 0.3) is 5.91 Å². The van der Waals surface area contributed by atoms with Gasteiger partial charge in [0, 0.05) is 35.1 Å². The molecular weight excluding hydrogens is 327 g/mol. The molecule has 0 atom stereocenters. The third-order valence-corrected chi connectivity index (χ3v) is 5.47. The molecule has 1 saturated heterocycles. The van der Waals surface area contributed by atoms with Crippen LogP contribution in [0.25, 0.3) is 10.1 Å². The standard InChI is InChI=1S/C18H21FN2O2S/c1-11(2)18(23)21-8-6-12(7-9-21)20-17(22)16-10-13-14(19)4-3-5-15(13)24-16/h3-5,10-12H,6-9H2,1-2H3,(H,20,22). The summed E-state index contributed by atoms with van der Waals surface area (Å²) in [5.41, 5.74) is 0. The van der Waals surface area contributed by atoms with Gasteiger partial charge in [0.2, 0.25) is 5.91 Å². The highest BCUT2D eigenvalue weighted by atomic mass is 32.1. The van der Waals surface area contributed by atoms with Gasteiger partial charge in [-0.15, -0.1) is 11.3 Å². The molecule has 0 saturated carbocycles. The first kappa shape index (κ1) is 16.9. The maximum Gasteiger partial charge on any atom is 0.261 e. The van der Waals surface area contributed by atoms with Gasteiger partial charge in [-0.05, 0) is 31.0 Å². The summed E-state index contributed by atoms with van der Waals surface area (Å²) >= 11 is 1.30. The molecule has 1 fully saturated rings. The van der Waals surface area contributed by atoms with E-state index < -0.39 is 0 Å². The summed E-state index contributed by atoms with van der Waals surface area (Å²) < 4.78 is 14.5. The van der Waals surface area contributed by atoms with Crippen LogP contribution in [0.3, 0.4) is 0 Å². The molecule has 1 aromatic heterocycles. The van der Waals surface area contributed by atoms with Crippen LogP contribution in [0.5, 0.6) is 0 Å². The maximum absolute atomic E-state index is 13.7. The van der Waals surface area contributed by atoms with Crippen LogP contribution in [0.1, 0.15) is 36.4 Å². The third-order valence-electron chi connectivity index (χ3n) is 4.37. The number of piperidine rings is 1. The molecule has 6 heteroatoms. The minimum Gasteiger partial charge on any atom is -0.348 e. The third kappa shape index (κ3) is 3.43. The molecule has 24 heavy (non-hydrogen) atoms. The van der Waals surface area contributed by atoms with Gasteiger partial charge < -0.3 is 10.2 Å². The first-order valence-corrected chi connectivity index (χ1v) is 9.05. The van der Waals surface area contributed by atoms with E-state index >= 15 is 0 Å². The lowest BCUT2D eigenvalue weighted by Gasteiger charge is -2.33. The van der Waals surface area contributed by atoms with Crippen LogP contribution in [0.4, 0.5) is 4.39 Å². The van der Waals surface area contributed by atoms with E-state index in [1.165, 1.54) is 17.4 Å². The van der Waals surface area contributed by atoms with E-state index in [-0.39, 0.29) is 29.6 Å². The van der Waals surface area contributed by atoms with Gasteiger partial charge >= 0.3 is 0 Å². The lowest BCUT2D eigenvalue weighted by atomic mass is 10.0. The van der Waals surface area contributed by atoms with Crippen molar-refractivity contribution in [2.75, 3.05) is 13.1 Å². The molecule has 0 bridgehead atoms. The summed E-state index contributed by atoms with van der Waals surface area (Å²) in [5.74, 6) is -0.295. The second kappa shape index (κ2) is 6.89. The molecule has 2 heterocycles. The van der Waals surface area contributed by atoms with Crippen molar-refractivity contribution in [3.05, 3.63) is 35.0 Å². The molecule has 1 aliphatic heterocycles. The largest absolute Gasteiger partial charge is 0.348 e. The van der Waals surface area contributed by atoms with E-state index in [2.05, 4.69) is 5.32 Å². The highest BCUT2D eigenvalue weighted by Gasteiger charge is 2.25. The van der Waals surface area contributed by atoms with Crippen LogP contribution in [0.2, 0.25) is 0 Å². The Labute approximate surface area is 144 Å². The first-order valence-electron chi connectivity index (χ1n) is 8.23. The van der Waals surface area contributed by atoms with Gasteiger partial charge in [-0.1, -0.05) is 19.9 Å². The monoisotopic (exact) mass is 348 g/mol. The van der Waals surface area contributed by atoms with Gasteiger partial charge in [0.05, 0.1) is 4.88 Å². The number of thiophene rings is 1.